The van der Waals surface area contributed by atoms with E-state index in [2.05, 4.69) is 14.8 Å². The van der Waals surface area contributed by atoms with Crippen LogP contribution in [0.2, 0.25) is 0 Å². The maximum absolute atomic E-state index is 11.9. The highest BCUT2D eigenvalue weighted by atomic mass is 16.4. The molecule has 0 aliphatic carbocycles. The van der Waals surface area contributed by atoms with E-state index in [1.165, 1.54) is 5.56 Å². The Balaban J connectivity index is 1.68. The molecule has 1 saturated heterocycles. The number of aromatic nitrogens is 1. The fraction of sp³-hybridized carbons (Fsp3) is 0.429. The van der Waals surface area contributed by atoms with Crippen LogP contribution in [0.1, 0.15) is 46.8 Å². The van der Waals surface area contributed by atoms with E-state index in [1.807, 2.05) is 44.2 Å². The Hall–Kier alpha value is -2.44. The van der Waals surface area contributed by atoms with Crippen molar-refractivity contribution in [2.45, 2.75) is 32.9 Å². The van der Waals surface area contributed by atoms with Crippen molar-refractivity contribution in [1.29, 1.82) is 0 Å². The minimum absolute atomic E-state index is 0.0628. The van der Waals surface area contributed by atoms with Crippen molar-refractivity contribution < 1.29 is 15.0 Å². The van der Waals surface area contributed by atoms with Crippen molar-refractivity contribution in [2.24, 2.45) is 0 Å². The van der Waals surface area contributed by atoms with Crippen LogP contribution < -0.4 is 4.90 Å². The number of piperazine rings is 1. The summed E-state index contributed by atoms with van der Waals surface area (Å²) < 4.78 is 0. The number of carbonyl (C=O) groups is 1. The normalized spacial score (nSPS) is 15.3. The minimum atomic E-state index is -0.909. The van der Waals surface area contributed by atoms with E-state index >= 15 is 0 Å². The predicted molar refractivity (Wildman–Crippen MR) is 105 cm³/mol. The van der Waals surface area contributed by atoms with Gasteiger partial charge in [-0.15, -0.1) is 0 Å². The molecule has 1 aromatic carbocycles. The molecule has 0 saturated carbocycles. The standard InChI is InChI=1S/C21H27N3O3/c1-15(2)18-7-8-22-20(19(18)21(26)27)24-11-9-23(10-12-24)13-16-3-5-17(14-25)6-4-16/h3-8,15,25H,9-14H2,1-2H3,(H,26,27). The molecular weight excluding hydrogens is 342 g/mol. The Morgan fingerprint density at radius 1 is 1.07 bits per heavy atom. The first-order valence-corrected chi connectivity index (χ1v) is 9.37. The number of hydrogen-bond donors (Lipinski definition) is 2. The van der Waals surface area contributed by atoms with E-state index < -0.39 is 5.97 Å². The van der Waals surface area contributed by atoms with Gasteiger partial charge in [0.15, 0.2) is 0 Å². The Morgan fingerprint density at radius 3 is 2.26 bits per heavy atom. The number of benzene rings is 1. The van der Waals surface area contributed by atoms with Crippen LogP contribution in [0, 0.1) is 0 Å². The van der Waals surface area contributed by atoms with Crippen LogP contribution in [0.3, 0.4) is 0 Å². The second kappa shape index (κ2) is 8.50. The van der Waals surface area contributed by atoms with E-state index in [9.17, 15) is 9.90 Å². The van der Waals surface area contributed by atoms with Crippen molar-refractivity contribution >= 4 is 11.8 Å². The smallest absolute Gasteiger partial charge is 0.339 e. The molecule has 6 heteroatoms. The first-order valence-electron chi connectivity index (χ1n) is 9.37. The molecule has 2 heterocycles. The van der Waals surface area contributed by atoms with Gasteiger partial charge in [0.1, 0.15) is 11.4 Å². The summed E-state index contributed by atoms with van der Waals surface area (Å²) in [6.07, 6.45) is 1.71. The molecule has 0 amide bonds. The van der Waals surface area contributed by atoms with Gasteiger partial charge in [-0.2, -0.15) is 0 Å². The maximum atomic E-state index is 11.9. The molecule has 1 aliphatic heterocycles. The number of carboxylic acids is 1. The van der Waals surface area contributed by atoms with Crippen LogP contribution in [0.4, 0.5) is 5.82 Å². The molecule has 0 unspecified atom stereocenters. The van der Waals surface area contributed by atoms with Crippen molar-refractivity contribution in [2.75, 3.05) is 31.1 Å². The second-order valence-electron chi connectivity index (χ2n) is 7.30. The Kier molecular flexibility index (Phi) is 6.08. The van der Waals surface area contributed by atoms with Crippen LogP contribution in [-0.2, 0) is 13.2 Å². The van der Waals surface area contributed by atoms with Gasteiger partial charge in [0.05, 0.1) is 6.61 Å². The number of carboxylic acid groups (broad SMARTS) is 1. The first-order chi connectivity index (χ1) is 13.0. The number of pyridine rings is 1. The lowest BCUT2D eigenvalue weighted by molar-refractivity contribution is 0.0695. The fourth-order valence-corrected chi connectivity index (χ4v) is 3.53. The van der Waals surface area contributed by atoms with E-state index in [4.69, 9.17) is 5.11 Å². The zero-order valence-electron chi connectivity index (χ0n) is 15.9. The average Bonchev–Trinajstić information content (AvgIpc) is 2.68. The molecule has 0 bridgehead atoms. The van der Waals surface area contributed by atoms with Gasteiger partial charge in [0, 0.05) is 38.9 Å². The fourth-order valence-electron chi connectivity index (χ4n) is 3.53. The van der Waals surface area contributed by atoms with Crippen molar-refractivity contribution in [1.82, 2.24) is 9.88 Å². The summed E-state index contributed by atoms with van der Waals surface area (Å²) in [6, 6.07) is 9.81. The molecule has 27 heavy (non-hydrogen) atoms. The SMILES string of the molecule is CC(C)c1ccnc(N2CCN(Cc3ccc(CO)cc3)CC2)c1C(=O)O. The number of rotatable bonds is 6. The van der Waals surface area contributed by atoms with E-state index in [0.29, 0.717) is 11.4 Å². The quantitative estimate of drug-likeness (QED) is 0.815. The lowest BCUT2D eigenvalue weighted by Gasteiger charge is -2.36. The zero-order chi connectivity index (χ0) is 19.4. The molecule has 2 aromatic rings. The van der Waals surface area contributed by atoms with Crippen molar-refractivity contribution in [3.05, 3.63) is 58.8 Å². The van der Waals surface area contributed by atoms with Gasteiger partial charge in [0.2, 0.25) is 0 Å². The van der Waals surface area contributed by atoms with Gasteiger partial charge in [-0.05, 0) is 28.7 Å². The van der Waals surface area contributed by atoms with Crippen LogP contribution >= 0.6 is 0 Å². The van der Waals surface area contributed by atoms with E-state index in [-0.39, 0.29) is 12.5 Å². The minimum Gasteiger partial charge on any atom is -0.478 e. The number of nitrogens with zero attached hydrogens (tertiary/aromatic N) is 3. The largest absolute Gasteiger partial charge is 0.478 e. The Morgan fingerprint density at radius 2 is 1.70 bits per heavy atom. The van der Waals surface area contributed by atoms with Gasteiger partial charge in [-0.3, -0.25) is 4.90 Å². The second-order valence-corrected chi connectivity index (χ2v) is 7.30. The molecule has 144 valence electrons. The van der Waals surface area contributed by atoms with Gasteiger partial charge < -0.3 is 15.1 Å². The number of aromatic carboxylic acids is 1. The molecule has 2 N–H and O–H groups in total. The highest BCUT2D eigenvalue weighted by Crippen LogP contribution is 2.27. The zero-order valence-corrected chi connectivity index (χ0v) is 15.9. The van der Waals surface area contributed by atoms with E-state index in [0.717, 1.165) is 43.9 Å². The molecule has 0 radical (unpaired) electrons. The Bertz CT molecular complexity index is 782. The van der Waals surface area contributed by atoms with Gasteiger partial charge in [-0.1, -0.05) is 38.1 Å². The third-order valence-electron chi connectivity index (χ3n) is 5.08. The number of anilines is 1. The highest BCUT2D eigenvalue weighted by Gasteiger charge is 2.25. The molecule has 6 nitrogen and oxygen atoms in total. The topological polar surface area (TPSA) is 76.9 Å². The summed E-state index contributed by atoms with van der Waals surface area (Å²) >= 11 is 0. The third kappa shape index (κ3) is 4.46. The summed E-state index contributed by atoms with van der Waals surface area (Å²) in [5, 5.41) is 18.9. The van der Waals surface area contributed by atoms with Crippen LogP contribution in [-0.4, -0.2) is 52.2 Å². The number of aliphatic hydroxyl groups excluding tert-OH is 1. The monoisotopic (exact) mass is 369 g/mol. The molecule has 0 atom stereocenters. The van der Waals surface area contributed by atoms with Gasteiger partial charge >= 0.3 is 5.97 Å². The average molecular weight is 369 g/mol. The predicted octanol–water partition coefficient (Wildman–Crippen LogP) is 2.72. The lowest BCUT2D eigenvalue weighted by Crippen LogP contribution is -2.46. The molecule has 0 spiro atoms. The van der Waals surface area contributed by atoms with Crippen LogP contribution in [0.15, 0.2) is 36.5 Å². The molecule has 1 fully saturated rings. The third-order valence-corrected chi connectivity index (χ3v) is 5.08. The van der Waals surface area contributed by atoms with Gasteiger partial charge in [-0.25, -0.2) is 9.78 Å². The number of aliphatic hydroxyl groups is 1. The van der Waals surface area contributed by atoms with Gasteiger partial charge in [0.25, 0.3) is 0 Å². The molecule has 3 rings (SSSR count). The van der Waals surface area contributed by atoms with Crippen LogP contribution in [0.25, 0.3) is 0 Å². The summed E-state index contributed by atoms with van der Waals surface area (Å²) in [6.45, 7) is 8.14. The van der Waals surface area contributed by atoms with Crippen LogP contribution in [0.5, 0.6) is 0 Å². The highest BCUT2D eigenvalue weighted by molar-refractivity contribution is 5.95. The summed E-state index contributed by atoms with van der Waals surface area (Å²) in [5.41, 5.74) is 3.30. The summed E-state index contributed by atoms with van der Waals surface area (Å²) in [5.74, 6) is -0.185. The Labute approximate surface area is 160 Å². The molecular formula is C21H27N3O3. The lowest BCUT2D eigenvalue weighted by atomic mass is 9.98. The first kappa shape index (κ1) is 19.3. The van der Waals surface area contributed by atoms with E-state index in [1.54, 1.807) is 6.20 Å². The summed E-state index contributed by atoms with van der Waals surface area (Å²) in [4.78, 5) is 20.7. The molecule has 1 aromatic heterocycles. The molecule has 1 aliphatic rings. The van der Waals surface area contributed by atoms with Crippen molar-refractivity contribution in [3.8, 4) is 0 Å². The maximum Gasteiger partial charge on any atom is 0.339 e. The van der Waals surface area contributed by atoms with Crippen molar-refractivity contribution in [3.63, 3.8) is 0 Å². The summed E-state index contributed by atoms with van der Waals surface area (Å²) in [7, 11) is 0. The number of hydrogen-bond acceptors (Lipinski definition) is 5.